The summed E-state index contributed by atoms with van der Waals surface area (Å²) in [5.41, 5.74) is 5.85. The lowest BCUT2D eigenvalue weighted by atomic mass is 9.90. The Hall–Kier alpha value is -2.06. The monoisotopic (exact) mass is 321 g/mol. The Balaban J connectivity index is 1.80. The van der Waals surface area contributed by atoms with Crippen molar-refractivity contribution < 1.29 is 4.74 Å². The van der Waals surface area contributed by atoms with Crippen molar-refractivity contribution in [2.75, 3.05) is 13.7 Å². The van der Waals surface area contributed by atoms with Crippen LogP contribution in [0.2, 0.25) is 0 Å². The zero-order chi connectivity index (χ0) is 16.9. The van der Waals surface area contributed by atoms with Gasteiger partial charge in [-0.05, 0) is 49.9 Å². The molecule has 0 aliphatic carbocycles. The van der Waals surface area contributed by atoms with Crippen molar-refractivity contribution >= 4 is 0 Å². The summed E-state index contributed by atoms with van der Waals surface area (Å²) in [6.07, 6.45) is 2.23. The number of rotatable bonds is 5. The van der Waals surface area contributed by atoms with Gasteiger partial charge in [0.15, 0.2) is 0 Å². The SMILES string of the molecule is COc1ccc(C[C@H]2C(C)=C(C)CCN2Cc2ccccc2)cc1. The predicted octanol–water partition coefficient (Wildman–Crippen LogP) is 4.85. The molecule has 1 aliphatic rings. The van der Waals surface area contributed by atoms with E-state index in [0.29, 0.717) is 6.04 Å². The molecule has 0 radical (unpaired) electrons. The minimum atomic E-state index is 0.479. The van der Waals surface area contributed by atoms with Crippen LogP contribution in [0, 0.1) is 0 Å². The summed E-state index contributed by atoms with van der Waals surface area (Å²) in [5.74, 6) is 0.923. The molecule has 0 aromatic heterocycles. The van der Waals surface area contributed by atoms with E-state index in [9.17, 15) is 0 Å². The predicted molar refractivity (Wildman–Crippen MR) is 100 cm³/mol. The molecular weight excluding hydrogens is 294 g/mol. The molecule has 1 heterocycles. The maximum Gasteiger partial charge on any atom is 0.118 e. The van der Waals surface area contributed by atoms with Crippen LogP contribution in [0.3, 0.4) is 0 Å². The molecule has 0 saturated carbocycles. The van der Waals surface area contributed by atoms with E-state index in [2.05, 4.69) is 73.3 Å². The highest BCUT2D eigenvalue weighted by molar-refractivity contribution is 5.30. The zero-order valence-electron chi connectivity index (χ0n) is 15.0. The first-order valence-electron chi connectivity index (χ1n) is 8.74. The molecule has 3 rings (SSSR count). The topological polar surface area (TPSA) is 12.5 Å². The van der Waals surface area contributed by atoms with Crippen molar-refractivity contribution in [3.05, 3.63) is 76.9 Å². The van der Waals surface area contributed by atoms with E-state index in [4.69, 9.17) is 4.74 Å². The van der Waals surface area contributed by atoms with E-state index in [-0.39, 0.29) is 0 Å². The van der Waals surface area contributed by atoms with Crippen LogP contribution in [0.15, 0.2) is 65.7 Å². The van der Waals surface area contributed by atoms with E-state index in [1.54, 1.807) is 12.7 Å². The van der Waals surface area contributed by atoms with Crippen LogP contribution >= 0.6 is 0 Å². The maximum absolute atomic E-state index is 5.28. The number of hydrogen-bond donors (Lipinski definition) is 0. The van der Waals surface area contributed by atoms with E-state index in [1.165, 1.54) is 23.1 Å². The Kier molecular flexibility index (Phi) is 5.37. The average molecular weight is 321 g/mol. The van der Waals surface area contributed by atoms with Crippen molar-refractivity contribution in [3.8, 4) is 5.75 Å². The van der Waals surface area contributed by atoms with Crippen molar-refractivity contribution in [3.63, 3.8) is 0 Å². The maximum atomic E-state index is 5.28. The highest BCUT2D eigenvalue weighted by Gasteiger charge is 2.25. The van der Waals surface area contributed by atoms with Gasteiger partial charge in [0, 0.05) is 19.1 Å². The van der Waals surface area contributed by atoms with Crippen molar-refractivity contribution in [1.82, 2.24) is 4.90 Å². The average Bonchev–Trinajstić information content (AvgIpc) is 2.63. The summed E-state index contributed by atoms with van der Waals surface area (Å²) in [4.78, 5) is 2.63. The van der Waals surface area contributed by atoms with Gasteiger partial charge < -0.3 is 4.74 Å². The van der Waals surface area contributed by atoms with Gasteiger partial charge in [-0.15, -0.1) is 0 Å². The smallest absolute Gasteiger partial charge is 0.118 e. The number of methoxy groups -OCH3 is 1. The van der Waals surface area contributed by atoms with E-state index in [0.717, 1.165) is 25.3 Å². The molecule has 2 aromatic rings. The Bertz CT molecular complexity index is 688. The van der Waals surface area contributed by atoms with Crippen molar-refractivity contribution in [1.29, 1.82) is 0 Å². The first-order chi connectivity index (χ1) is 11.7. The van der Waals surface area contributed by atoms with Crippen LogP contribution in [-0.2, 0) is 13.0 Å². The van der Waals surface area contributed by atoms with Gasteiger partial charge in [0.25, 0.3) is 0 Å². The van der Waals surface area contributed by atoms with Crippen molar-refractivity contribution in [2.45, 2.75) is 39.3 Å². The van der Waals surface area contributed by atoms with E-state index < -0.39 is 0 Å². The molecule has 0 saturated heterocycles. The van der Waals surface area contributed by atoms with Gasteiger partial charge in [-0.3, -0.25) is 4.90 Å². The fourth-order valence-corrected chi connectivity index (χ4v) is 3.50. The molecule has 2 aromatic carbocycles. The quantitative estimate of drug-likeness (QED) is 0.730. The summed E-state index contributed by atoms with van der Waals surface area (Å²) in [7, 11) is 1.72. The third-order valence-electron chi connectivity index (χ3n) is 5.20. The summed E-state index contributed by atoms with van der Waals surface area (Å²) >= 11 is 0. The second-order valence-electron chi connectivity index (χ2n) is 6.74. The Morgan fingerprint density at radius 2 is 1.67 bits per heavy atom. The summed E-state index contributed by atoms with van der Waals surface area (Å²) in [6.45, 7) is 6.75. The molecule has 1 atom stereocenters. The minimum absolute atomic E-state index is 0.479. The third kappa shape index (κ3) is 3.88. The second-order valence-corrected chi connectivity index (χ2v) is 6.74. The largest absolute Gasteiger partial charge is 0.497 e. The standard InChI is InChI=1S/C22H27NO/c1-17-13-14-23(16-20-7-5-4-6-8-20)22(18(17)2)15-19-9-11-21(24-3)12-10-19/h4-12,22H,13-16H2,1-3H3/t22-/m0/s1. The molecule has 0 N–H and O–H groups in total. The molecule has 2 heteroatoms. The number of ether oxygens (including phenoxy) is 1. The molecule has 1 aliphatic heterocycles. The van der Waals surface area contributed by atoms with Crippen LogP contribution in [0.25, 0.3) is 0 Å². The first-order valence-corrected chi connectivity index (χ1v) is 8.74. The number of benzene rings is 2. The number of hydrogen-bond acceptors (Lipinski definition) is 2. The molecule has 126 valence electrons. The molecule has 0 bridgehead atoms. The fourth-order valence-electron chi connectivity index (χ4n) is 3.50. The molecule has 0 spiro atoms. The van der Waals surface area contributed by atoms with E-state index in [1.807, 2.05) is 0 Å². The van der Waals surface area contributed by atoms with Crippen LogP contribution in [-0.4, -0.2) is 24.6 Å². The summed E-state index contributed by atoms with van der Waals surface area (Å²) in [5, 5.41) is 0. The lowest BCUT2D eigenvalue weighted by Gasteiger charge is -2.38. The summed E-state index contributed by atoms with van der Waals surface area (Å²) in [6, 6.07) is 19.8. The van der Waals surface area contributed by atoms with Gasteiger partial charge in [0.05, 0.1) is 7.11 Å². The summed E-state index contributed by atoms with van der Waals surface area (Å²) < 4.78 is 5.28. The highest BCUT2D eigenvalue weighted by atomic mass is 16.5. The molecule has 0 amide bonds. The molecule has 24 heavy (non-hydrogen) atoms. The van der Waals surface area contributed by atoms with E-state index >= 15 is 0 Å². The van der Waals surface area contributed by atoms with Crippen LogP contribution in [0.4, 0.5) is 0 Å². The Morgan fingerprint density at radius 3 is 2.33 bits per heavy atom. The first kappa shape index (κ1) is 16.8. The number of nitrogens with zero attached hydrogens (tertiary/aromatic N) is 1. The zero-order valence-corrected chi connectivity index (χ0v) is 15.0. The Labute approximate surface area is 145 Å². The lowest BCUT2D eigenvalue weighted by Crippen LogP contribution is -2.41. The minimum Gasteiger partial charge on any atom is -0.497 e. The van der Waals surface area contributed by atoms with Gasteiger partial charge >= 0.3 is 0 Å². The Morgan fingerprint density at radius 1 is 0.958 bits per heavy atom. The van der Waals surface area contributed by atoms with Gasteiger partial charge in [0.2, 0.25) is 0 Å². The van der Waals surface area contributed by atoms with Gasteiger partial charge in [-0.1, -0.05) is 53.6 Å². The molecular formula is C22H27NO. The fraction of sp³-hybridized carbons (Fsp3) is 0.364. The third-order valence-corrected chi connectivity index (χ3v) is 5.20. The molecule has 0 unspecified atom stereocenters. The van der Waals surface area contributed by atoms with Gasteiger partial charge in [-0.2, -0.15) is 0 Å². The second kappa shape index (κ2) is 7.67. The normalized spacial score (nSPS) is 18.7. The van der Waals surface area contributed by atoms with Crippen LogP contribution < -0.4 is 4.74 Å². The van der Waals surface area contributed by atoms with Gasteiger partial charge in [0.1, 0.15) is 5.75 Å². The molecule has 2 nitrogen and oxygen atoms in total. The van der Waals surface area contributed by atoms with Gasteiger partial charge in [-0.25, -0.2) is 0 Å². The van der Waals surface area contributed by atoms with Crippen LogP contribution in [0.5, 0.6) is 5.75 Å². The lowest BCUT2D eigenvalue weighted by molar-refractivity contribution is 0.198. The van der Waals surface area contributed by atoms with Crippen LogP contribution in [0.1, 0.15) is 31.4 Å². The highest BCUT2D eigenvalue weighted by Crippen LogP contribution is 2.28. The molecule has 0 fully saturated rings. The van der Waals surface area contributed by atoms with Crippen molar-refractivity contribution in [2.24, 2.45) is 0 Å².